The highest BCUT2D eigenvalue weighted by Crippen LogP contribution is 2.38. The van der Waals surface area contributed by atoms with Gasteiger partial charge in [-0.2, -0.15) is 0 Å². The lowest BCUT2D eigenvalue weighted by atomic mass is 10.0. The zero-order valence-corrected chi connectivity index (χ0v) is 33.7. The van der Waals surface area contributed by atoms with Crippen molar-refractivity contribution in [3.63, 3.8) is 0 Å². The number of phosphoric ester groups is 1. The van der Waals surface area contributed by atoms with Crippen molar-refractivity contribution < 1.29 is 42.1 Å². The average Bonchev–Trinajstić information content (AvgIpc) is 3.06. The van der Waals surface area contributed by atoms with Gasteiger partial charge in [-0.3, -0.25) is 14.2 Å². The Hall–Kier alpha value is -1.51. The Morgan fingerprint density at radius 2 is 1.12 bits per heavy atom. The predicted octanol–water partition coefficient (Wildman–Crippen LogP) is 10.2. The van der Waals surface area contributed by atoms with E-state index < -0.39 is 26.5 Å². The van der Waals surface area contributed by atoms with Crippen molar-refractivity contribution in [2.75, 3.05) is 47.5 Å². The van der Waals surface area contributed by atoms with E-state index in [0.717, 1.165) is 64.2 Å². The van der Waals surface area contributed by atoms with Gasteiger partial charge in [-0.25, -0.2) is 0 Å². The molecule has 0 aliphatic rings. The van der Waals surface area contributed by atoms with Crippen LogP contribution in [0.3, 0.4) is 0 Å². The minimum atomic E-state index is -4.62. The number of hydrogen-bond acceptors (Lipinski definition) is 8. The van der Waals surface area contributed by atoms with Crippen LogP contribution in [0, 0.1) is 0 Å². The van der Waals surface area contributed by atoms with Gasteiger partial charge in [0, 0.05) is 12.8 Å². The largest absolute Gasteiger partial charge is 0.756 e. The Labute approximate surface area is 307 Å². The molecule has 0 rings (SSSR count). The van der Waals surface area contributed by atoms with E-state index in [1.165, 1.54) is 70.6 Å². The Kier molecular flexibility index (Phi) is 32.3. The van der Waals surface area contributed by atoms with Crippen molar-refractivity contribution >= 4 is 19.8 Å². The standard InChI is InChI=1S/C40H76NO8P/c1-6-8-10-12-14-16-18-20-22-24-26-28-30-32-39(42)46-36-38(37-48-50(44,45)47-35-34-41(3,4)5)49-40(43)33-31-29-27-25-23-21-19-17-15-13-11-9-7-2/h11,13,17,19,38H,6-10,12,14-16,18,20-37H2,1-5H3/b13-11-,19-17-. The highest BCUT2D eigenvalue weighted by molar-refractivity contribution is 7.45. The van der Waals surface area contributed by atoms with Crippen LogP contribution in [0.5, 0.6) is 0 Å². The molecule has 0 heterocycles. The number of allylic oxidation sites excluding steroid dienone is 4. The number of quaternary nitrogens is 1. The van der Waals surface area contributed by atoms with Crippen LogP contribution in [-0.4, -0.2) is 70.0 Å². The maximum atomic E-state index is 12.6. The summed E-state index contributed by atoms with van der Waals surface area (Å²) in [5.41, 5.74) is 0. The summed E-state index contributed by atoms with van der Waals surface area (Å²) in [5, 5.41) is 0. The van der Waals surface area contributed by atoms with Gasteiger partial charge in [0.15, 0.2) is 6.10 Å². The topological polar surface area (TPSA) is 111 Å². The third-order valence-corrected chi connectivity index (χ3v) is 9.42. The maximum absolute atomic E-state index is 12.6. The van der Waals surface area contributed by atoms with Gasteiger partial charge in [-0.05, 0) is 38.5 Å². The first kappa shape index (κ1) is 48.5. The lowest BCUT2D eigenvalue weighted by molar-refractivity contribution is -0.870. The quantitative estimate of drug-likeness (QED) is 0.0206. The van der Waals surface area contributed by atoms with Crippen LogP contribution in [-0.2, 0) is 32.7 Å². The fourth-order valence-electron chi connectivity index (χ4n) is 5.28. The Balaban J connectivity index is 4.43. The number of unbranched alkanes of at least 4 members (excludes halogenated alkanes) is 18. The van der Waals surface area contributed by atoms with Crippen LogP contribution >= 0.6 is 7.82 Å². The van der Waals surface area contributed by atoms with Crippen LogP contribution in [0.25, 0.3) is 0 Å². The molecule has 9 nitrogen and oxygen atoms in total. The molecule has 0 saturated heterocycles. The molecule has 0 spiro atoms. The summed E-state index contributed by atoms with van der Waals surface area (Å²) >= 11 is 0. The van der Waals surface area contributed by atoms with E-state index in [9.17, 15) is 19.0 Å². The molecule has 0 radical (unpaired) electrons. The summed E-state index contributed by atoms with van der Waals surface area (Å²) in [6.45, 7) is 4.14. The van der Waals surface area contributed by atoms with Crippen molar-refractivity contribution in [3.05, 3.63) is 24.3 Å². The van der Waals surface area contributed by atoms with E-state index in [1.807, 2.05) is 21.1 Å². The Bertz CT molecular complexity index is 918. The number of nitrogens with zero attached hydrogens (tertiary/aromatic N) is 1. The van der Waals surface area contributed by atoms with Gasteiger partial charge in [0.2, 0.25) is 0 Å². The number of rotatable bonds is 36. The van der Waals surface area contributed by atoms with Crippen LogP contribution in [0.4, 0.5) is 0 Å². The van der Waals surface area contributed by atoms with Gasteiger partial charge >= 0.3 is 11.9 Å². The lowest BCUT2D eigenvalue weighted by Gasteiger charge is -2.28. The number of phosphoric acid groups is 1. The zero-order valence-electron chi connectivity index (χ0n) is 32.8. The lowest BCUT2D eigenvalue weighted by Crippen LogP contribution is -2.37. The second-order valence-corrected chi connectivity index (χ2v) is 16.1. The SMILES string of the molecule is CCC/C=C\C/C=C\CCCCCCCC(=O)OC(COC(=O)CCCCCCCCCCCCCCC)COP(=O)([O-])OCC[N+](C)(C)C. The van der Waals surface area contributed by atoms with Crippen LogP contribution in [0.2, 0.25) is 0 Å². The second-order valence-electron chi connectivity index (χ2n) is 14.7. The zero-order chi connectivity index (χ0) is 37.2. The maximum Gasteiger partial charge on any atom is 0.306 e. The molecule has 50 heavy (non-hydrogen) atoms. The van der Waals surface area contributed by atoms with Crippen molar-refractivity contribution in [3.8, 4) is 0 Å². The van der Waals surface area contributed by atoms with E-state index in [1.54, 1.807) is 0 Å². The summed E-state index contributed by atoms with van der Waals surface area (Å²) in [4.78, 5) is 37.4. The van der Waals surface area contributed by atoms with Gasteiger partial charge in [0.1, 0.15) is 19.8 Å². The number of esters is 2. The molecule has 10 heteroatoms. The van der Waals surface area contributed by atoms with Crippen LogP contribution in [0.15, 0.2) is 24.3 Å². The monoisotopic (exact) mass is 730 g/mol. The minimum Gasteiger partial charge on any atom is -0.756 e. The molecule has 0 aliphatic heterocycles. The molecule has 0 amide bonds. The van der Waals surface area contributed by atoms with E-state index in [0.29, 0.717) is 17.4 Å². The normalized spacial score (nSPS) is 14.0. The first-order chi connectivity index (χ1) is 24.0. The van der Waals surface area contributed by atoms with Gasteiger partial charge in [-0.15, -0.1) is 0 Å². The molecule has 0 aromatic heterocycles. The molecular weight excluding hydrogens is 653 g/mol. The number of likely N-dealkylation sites (N-methyl/N-ethyl adjacent to an activating group) is 1. The number of carbonyl (C=O) groups excluding carboxylic acids is 2. The second kappa shape index (κ2) is 33.3. The molecule has 0 fully saturated rings. The van der Waals surface area contributed by atoms with Crippen molar-refractivity contribution in [1.29, 1.82) is 0 Å². The highest BCUT2D eigenvalue weighted by atomic mass is 31.2. The van der Waals surface area contributed by atoms with Crippen LogP contribution < -0.4 is 4.89 Å². The summed E-state index contributed by atoms with van der Waals surface area (Å²) < 4.78 is 33.8. The van der Waals surface area contributed by atoms with E-state index in [4.69, 9.17) is 18.5 Å². The smallest absolute Gasteiger partial charge is 0.306 e. The van der Waals surface area contributed by atoms with Gasteiger partial charge in [-0.1, -0.05) is 141 Å². The highest BCUT2D eigenvalue weighted by Gasteiger charge is 2.21. The van der Waals surface area contributed by atoms with Crippen molar-refractivity contribution in [2.24, 2.45) is 0 Å². The van der Waals surface area contributed by atoms with E-state index in [2.05, 4.69) is 38.2 Å². The minimum absolute atomic E-state index is 0.0322. The molecule has 0 bridgehead atoms. The third-order valence-electron chi connectivity index (χ3n) is 8.46. The summed E-state index contributed by atoms with van der Waals surface area (Å²) in [7, 11) is 1.16. The Morgan fingerprint density at radius 3 is 1.66 bits per heavy atom. The molecule has 0 aromatic carbocycles. The van der Waals surface area contributed by atoms with E-state index >= 15 is 0 Å². The van der Waals surface area contributed by atoms with Crippen molar-refractivity contribution in [2.45, 2.75) is 174 Å². The number of carbonyl (C=O) groups is 2. The molecule has 294 valence electrons. The van der Waals surface area contributed by atoms with Crippen molar-refractivity contribution in [1.82, 2.24) is 0 Å². The summed E-state index contributed by atoms with van der Waals surface area (Å²) in [6.07, 6.45) is 33.4. The first-order valence-corrected chi connectivity index (χ1v) is 21.5. The molecular formula is C40H76NO8P. The molecule has 2 unspecified atom stereocenters. The van der Waals surface area contributed by atoms with Crippen LogP contribution in [0.1, 0.15) is 168 Å². The first-order valence-electron chi connectivity index (χ1n) is 20.0. The van der Waals surface area contributed by atoms with Gasteiger partial charge in [0.25, 0.3) is 7.82 Å². The number of hydrogen-bond donors (Lipinski definition) is 0. The molecule has 2 atom stereocenters. The predicted molar refractivity (Wildman–Crippen MR) is 204 cm³/mol. The molecule has 0 aliphatic carbocycles. The summed E-state index contributed by atoms with van der Waals surface area (Å²) in [5.74, 6) is -0.849. The van der Waals surface area contributed by atoms with E-state index in [-0.39, 0.29) is 32.0 Å². The molecule has 0 aromatic rings. The van der Waals surface area contributed by atoms with Gasteiger partial charge in [0.05, 0.1) is 27.7 Å². The van der Waals surface area contributed by atoms with Gasteiger partial charge < -0.3 is 27.9 Å². The number of ether oxygens (including phenoxy) is 2. The summed E-state index contributed by atoms with van der Waals surface area (Å²) in [6, 6.07) is 0. The fourth-order valence-corrected chi connectivity index (χ4v) is 6.01. The fraction of sp³-hybridized carbons (Fsp3) is 0.850. The Morgan fingerprint density at radius 1 is 0.620 bits per heavy atom. The third kappa shape index (κ3) is 36.3. The average molecular weight is 730 g/mol. The molecule has 0 N–H and O–H groups in total. The molecule has 0 saturated carbocycles.